The van der Waals surface area contributed by atoms with Gasteiger partial charge >= 0.3 is 113 Å². The molecule has 0 N–H and O–H groups in total. The van der Waals surface area contributed by atoms with Crippen LogP contribution in [-0.4, -0.2) is 7.43 Å². The molecule has 1 aliphatic rings. The van der Waals surface area contributed by atoms with Gasteiger partial charge in [-0.25, -0.2) is 0 Å². The topological polar surface area (TPSA) is 0 Å². The van der Waals surface area contributed by atoms with Crippen LogP contribution in [-0.2, 0) is 27.5 Å². The molecule has 2 heteroatoms. The summed E-state index contributed by atoms with van der Waals surface area (Å²) in [5.41, 5.74) is 6.66. The van der Waals surface area contributed by atoms with Crippen LogP contribution in [0, 0.1) is 0 Å². The first-order chi connectivity index (χ1) is 7.45. The summed E-state index contributed by atoms with van der Waals surface area (Å²) >= 11 is -0.337. The van der Waals surface area contributed by atoms with Crippen LogP contribution in [0.4, 0.5) is 0 Å². The molecule has 0 aliphatic heterocycles. The predicted molar refractivity (Wildman–Crippen MR) is 71.5 cm³/mol. The number of rotatable bonds is 1. The number of benzene rings is 1. The molecule has 0 aromatic heterocycles. The van der Waals surface area contributed by atoms with Gasteiger partial charge in [0.05, 0.1) is 0 Å². The Morgan fingerprint density at radius 2 is 1.94 bits per heavy atom. The van der Waals surface area contributed by atoms with E-state index in [9.17, 15) is 0 Å². The first-order valence-electron chi connectivity index (χ1n) is 5.94. The molecule has 1 atom stereocenters. The van der Waals surface area contributed by atoms with E-state index < -0.39 is 0 Å². The fraction of sp³-hybridized carbons (Fsp3) is 0.429. The van der Waals surface area contributed by atoms with Crippen molar-refractivity contribution in [3.8, 4) is 0 Å². The quantitative estimate of drug-likeness (QED) is 0.643. The van der Waals surface area contributed by atoms with Crippen molar-refractivity contribution in [2.24, 2.45) is 0 Å². The van der Waals surface area contributed by atoms with Gasteiger partial charge in [0.25, 0.3) is 0 Å². The Labute approximate surface area is 112 Å². The molecular formula is C14H20HfSi. The van der Waals surface area contributed by atoms with E-state index in [0.29, 0.717) is 0 Å². The van der Waals surface area contributed by atoms with Crippen LogP contribution in [0.2, 0.25) is 0 Å². The van der Waals surface area contributed by atoms with Gasteiger partial charge in [0.15, 0.2) is 0 Å². The van der Waals surface area contributed by atoms with E-state index in [1.807, 2.05) is 0 Å². The second-order valence-corrected chi connectivity index (χ2v) is 14.5. The van der Waals surface area contributed by atoms with E-state index in [1.54, 1.807) is 16.7 Å². The predicted octanol–water partition coefficient (Wildman–Crippen LogP) is 2.81. The molecular weight excluding hydrogens is 375 g/mol. The van der Waals surface area contributed by atoms with Crippen molar-refractivity contribution < 1.29 is 22.1 Å². The molecule has 0 saturated carbocycles. The van der Waals surface area contributed by atoms with E-state index >= 15 is 0 Å². The SMILES string of the molecule is CC1=Cc2c(cccc2C(C)(C)C)[CH]1[Hf][SiH3]. The van der Waals surface area contributed by atoms with Gasteiger partial charge in [-0.1, -0.05) is 0 Å². The van der Waals surface area contributed by atoms with Gasteiger partial charge in [0.1, 0.15) is 0 Å². The molecule has 0 fully saturated rings. The maximum atomic E-state index is 2.46. The number of fused-ring (bicyclic) bond motifs is 1. The summed E-state index contributed by atoms with van der Waals surface area (Å²) in [7, 11) is 1.48. The fourth-order valence-electron chi connectivity index (χ4n) is 2.59. The fourth-order valence-corrected chi connectivity index (χ4v) is 12.8. The van der Waals surface area contributed by atoms with Crippen molar-refractivity contribution in [1.82, 2.24) is 0 Å². The van der Waals surface area contributed by atoms with E-state index in [0.717, 1.165) is 3.67 Å². The second-order valence-electron chi connectivity index (χ2n) is 5.67. The molecule has 0 amide bonds. The summed E-state index contributed by atoms with van der Waals surface area (Å²) in [6, 6.07) is 6.94. The van der Waals surface area contributed by atoms with E-state index in [-0.39, 0.29) is 27.5 Å². The average molecular weight is 395 g/mol. The summed E-state index contributed by atoms with van der Waals surface area (Å²) in [5, 5.41) is 0. The van der Waals surface area contributed by atoms with Crippen molar-refractivity contribution in [3.63, 3.8) is 0 Å². The Kier molecular flexibility index (Phi) is 3.42. The molecule has 1 unspecified atom stereocenters. The molecule has 1 aromatic carbocycles. The van der Waals surface area contributed by atoms with E-state index in [1.165, 1.54) is 13.0 Å². The molecule has 0 bridgehead atoms. The summed E-state index contributed by atoms with van der Waals surface area (Å²) in [6.45, 7) is 9.30. The molecule has 0 nitrogen and oxygen atoms in total. The normalized spacial score (nSPS) is 19.5. The summed E-state index contributed by atoms with van der Waals surface area (Å²) < 4.78 is 0.906. The molecule has 2 rings (SSSR count). The van der Waals surface area contributed by atoms with Gasteiger partial charge < -0.3 is 0 Å². The van der Waals surface area contributed by atoms with Crippen LogP contribution in [0.3, 0.4) is 0 Å². The van der Waals surface area contributed by atoms with Gasteiger partial charge in [-0.15, -0.1) is 0 Å². The minimum atomic E-state index is -0.337. The summed E-state index contributed by atoms with van der Waals surface area (Å²) in [4.78, 5) is 0. The average Bonchev–Trinajstić information content (AvgIpc) is 2.50. The molecule has 1 aromatic rings. The molecule has 16 heavy (non-hydrogen) atoms. The zero-order chi connectivity index (χ0) is 11.9. The summed E-state index contributed by atoms with van der Waals surface area (Å²) in [6.07, 6.45) is 2.46. The first-order valence-corrected chi connectivity index (χ1v) is 19.8. The van der Waals surface area contributed by atoms with Crippen molar-refractivity contribution in [2.45, 2.75) is 36.8 Å². The monoisotopic (exact) mass is 396 g/mol. The number of hydrogen-bond donors (Lipinski definition) is 0. The van der Waals surface area contributed by atoms with E-state index in [4.69, 9.17) is 0 Å². The molecule has 0 saturated heterocycles. The standard InChI is InChI=1S/C14H17.Hf.H3Si/c1-10-8-11-6-5-7-13(12(11)9-10)14(2,3)4;;/h5-9H,1-4H3;;1H3. The van der Waals surface area contributed by atoms with Gasteiger partial charge in [0.2, 0.25) is 0 Å². The third kappa shape index (κ3) is 2.06. The molecule has 0 spiro atoms. The number of allylic oxidation sites excluding steroid dienone is 1. The van der Waals surface area contributed by atoms with Crippen LogP contribution in [0.25, 0.3) is 6.08 Å². The number of hydrogen-bond acceptors (Lipinski definition) is 0. The van der Waals surface area contributed by atoms with Crippen LogP contribution in [0.1, 0.15) is 48.1 Å². The van der Waals surface area contributed by atoms with Crippen LogP contribution < -0.4 is 0 Å². The summed E-state index contributed by atoms with van der Waals surface area (Å²) in [5.74, 6) is 0. The van der Waals surface area contributed by atoms with Crippen LogP contribution >= 0.6 is 0 Å². The molecule has 0 heterocycles. The zero-order valence-corrected chi connectivity index (χ0v) is 16.5. The Hall–Kier alpha value is 0.0470. The van der Waals surface area contributed by atoms with Gasteiger partial charge in [-0.05, 0) is 0 Å². The van der Waals surface area contributed by atoms with Crippen molar-refractivity contribution in [1.29, 1.82) is 0 Å². The molecule has 1 aliphatic carbocycles. The maximum absolute atomic E-state index is 2.46. The zero-order valence-electron chi connectivity index (χ0n) is 10.9. The van der Waals surface area contributed by atoms with Crippen LogP contribution in [0.5, 0.6) is 0 Å². The van der Waals surface area contributed by atoms with Crippen molar-refractivity contribution in [3.05, 3.63) is 40.5 Å². The van der Waals surface area contributed by atoms with Gasteiger partial charge in [-0.2, -0.15) is 0 Å². The molecule has 0 radical (unpaired) electrons. The first kappa shape index (κ1) is 12.5. The van der Waals surface area contributed by atoms with E-state index in [2.05, 4.69) is 52.0 Å². The van der Waals surface area contributed by atoms with Gasteiger partial charge in [-0.3, -0.25) is 0 Å². The minimum absolute atomic E-state index is 0.274. The Bertz CT molecular complexity index is 441. The third-order valence-electron chi connectivity index (χ3n) is 3.37. The van der Waals surface area contributed by atoms with Crippen molar-refractivity contribution >= 4 is 13.5 Å². The second kappa shape index (κ2) is 4.38. The molecule has 84 valence electrons. The van der Waals surface area contributed by atoms with Crippen molar-refractivity contribution in [2.75, 3.05) is 0 Å². The Balaban J connectivity index is 2.60. The Morgan fingerprint density at radius 3 is 2.50 bits per heavy atom. The Morgan fingerprint density at radius 1 is 1.25 bits per heavy atom. The third-order valence-corrected chi connectivity index (χ3v) is 12.9. The van der Waals surface area contributed by atoms with Gasteiger partial charge in [0, 0.05) is 0 Å². The van der Waals surface area contributed by atoms with Crippen LogP contribution in [0.15, 0.2) is 23.8 Å².